The molecule has 6 heteroatoms. The maximum Gasteiger partial charge on any atom is 0.329 e. The Labute approximate surface area is 143 Å². The third kappa shape index (κ3) is 3.06. The minimum Gasteiger partial charge on any atom is -0.479 e. The number of hydrogen-bond donors (Lipinski definition) is 1. The van der Waals surface area contributed by atoms with Crippen LogP contribution in [0.5, 0.6) is 0 Å². The van der Waals surface area contributed by atoms with Crippen LogP contribution in [0.4, 0.5) is 0 Å². The molecule has 0 spiro atoms. The summed E-state index contributed by atoms with van der Waals surface area (Å²) < 4.78 is 1.90. The molecule has 1 aromatic rings. The van der Waals surface area contributed by atoms with Gasteiger partial charge in [0.1, 0.15) is 5.54 Å². The second-order valence-electron chi connectivity index (χ2n) is 6.82. The van der Waals surface area contributed by atoms with Crippen LogP contribution in [-0.4, -0.2) is 44.3 Å². The standard InChI is InChI=1S/C18H29N3O3/c1-5-14(6-2)21-13(3)15(12-19-21)16(22)20(4)18(17(23)24)10-8-7-9-11-18/h12,14H,5-11H2,1-4H3,(H,23,24). The maximum atomic E-state index is 13.0. The lowest BCUT2D eigenvalue weighted by atomic mass is 9.80. The predicted molar refractivity (Wildman–Crippen MR) is 92.1 cm³/mol. The van der Waals surface area contributed by atoms with E-state index in [9.17, 15) is 14.7 Å². The zero-order valence-corrected chi connectivity index (χ0v) is 15.2. The van der Waals surface area contributed by atoms with Gasteiger partial charge < -0.3 is 10.0 Å². The maximum absolute atomic E-state index is 13.0. The molecule has 0 atom stereocenters. The molecule has 134 valence electrons. The van der Waals surface area contributed by atoms with E-state index in [0.717, 1.165) is 37.8 Å². The zero-order valence-electron chi connectivity index (χ0n) is 15.2. The van der Waals surface area contributed by atoms with Gasteiger partial charge in [-0.2, -0.15) is 5.10 Å². The second kappa shape index (κ2) is 7.36. The first-order valence-corrected chi connectivity index (χ1v) is 8.94. The molecule has 24 heavy (non-hydrogen) atoms. The number of aliphatic carboxylic acids is 1. The van der Waals surface area contributed by atoms with Crippen molar-refractivity contribution in [3.8, 4) is 0 Å². The summed E-state index contributed by atoms with van der Waals surface area (Å²) >= 11 is 0. The Balaban J connectivity index is 2.32. The zero-order chi connectivity index (χ0) is 17.9. The summed E-state index contributed by atoms with van der Waals surface area (Å²) in [4.78, 5) is 26.4. The number of carbonyl (C=O) groups is 2. The molecule has 0 aromatic carbocycles. The molecule has 0 saturated heterocycles. The first-order valence-electron chi connectivity index (χ1n) is 8.94. The summed E-state index contributed by atoms with van der Waals surface area (Å²) in [5.74, 6) is -1.14. The lowest BCUT2D eigenvalue weighted by molar-refractivity contribution is -0.151. The van der Waals surface area contributed by atoms with Gasteiger partial charge in [-0.15, -0.1) is 0 Å². The fourth-order valence-electron chi connectivity index (χ4n) is 3.84. The third-order valence-corrected chi connectivity index (χ3v) is 5.59. The summed E-state index contributed by atoms with van der Waals surface area (Å²) in [7, 11) is 1.62. The van der Waals surface area contributed by atoms with Gasteiger partial charge in [-0.1, -0.05) is 33.1 Å². The monoisotopic (exact) mass is 335 g/mol. The fourth-order valence-corrected chi connectivity index (χ4v) is 3.84. The van der Waals surface area contributed by atoms with E-state index in [-0.39, 0.29) is 11.9 Å². The van der Waals surface area contributed by atoms with Gasteiger partial charge in [0, 0.05) is 12.7 Å². The number of carboxylic acids is 1. The van der Waals surface area contributed by atoms with E-state index in [4.69, 9.17) is 0 Å². The van der Waals surface area contributed by atoms with Crippen LogP contribution in [0.15, 0.2) is 6.20 Å². The number of carboxylic acid groups (broad SMARTS) is 1. The molecule has 1 aromatic heterocycles. The molecule has 6 nitrogen and oxygen atoms in total. The van der Waals surface area contributed by atoms with Crippen molar-refractivity contribution in [3.63, 3.8) is 0 Å². The molecule has 1 aliphatic rings. The Morgan fingerprint density at radius 3 is 2.38 bits per heavy atom. The predicted octanol–water partition coefficient (Wildman–Crippen LogP) is 3.41. The number of hydrogen-bond acceptors (Lipinski definition) is 3. The number of amides is 1. The molecule has 0 bridgehead atoms. The molecule has 1 amide bonds. The average Bonchev–Trinajstić information content (AvgIpc) is 2.97. The minimum absolute atomic E-state index is 0.242. The van der Waals surface area contributed by atoms with Gasteiger partial charge in [0.05, 0.1) is 17.8 Å². The van der Waals surface area contributed by atoms with Crippen molar-refractivity contribution in [1.29, 1.82) is 0 Å². The molecule has 0 radical (unpaired) electrons. The molecule has 1 fully saturated rings. The van der Waals surface area contributed by atoms with Gasteiger partial charge in [0.25, 0.3) is 5.91 Å². The van der Waals surface area contributed by atoms with Crippen molar-refractivity contribution >= 4 is 11.9 Å². The van der Waals surface area contributed by atoms with Crippen molar-refractivity contribution in [1.82, 2.24) is 14.7 Å². The van der Waals surface area contributed by atoms with Crippen molar-refractivity contribution < 1.29 is 14.7 Å². The van der Waals surface area contributed by atoms with Crippen LogP contribution in [0.25, 0.3) is 0 Å². The number of likely N-dealkylation sites (N-methyl/N-ethyl adjacent to an activating group) is 1. The van der Waals surface area contributed by atoms with Gasteiger partial charge in [-0.05, 0) is 32.6 Å². The number of carbonyl (C=O) groups excluding carboxylic acids is 1. The first kappa shape index (κ1) is 18.5. The summed E-state index contributed by atoms with van der Waals surface area (Å²) in [6.45, 7) is 6.09. The molecular formula is C18H29N3O3. The highest BCUT2D eigenvalue weighted by Gasteiger charge is 2.46. The SMILES string of the molecule is CCC(CC)n1ncc(C(=O)N(C)C2(C(=O)O)CCCCC2)c1C. The lowest BCUT2D eigenvalue weighted by Crippen LogP contribution is -2.56. The summed E-state index contributed by atoms with van der Waals surface area (Å²) in [6, 6.07) is 0.264. The summed E-state index contributed by atoms with van der Waals surface area (Å²) in [5, 5.41) is 14.2. The molecule has 2 rings (SSSR count). The highest BCUT2D eigenvalue weighted by Crippen LogP contribution is 2.34. The second-order valence-corrected chi connectivity index (χ2v) is 6.82. The Bertz CT molecular complexity index is 599. The third-order valence-electron chi connectivity index (χ3n) is 5.59. The Morgan fingerprint density at radius 1 is 1.29 bits per heavy atom. The molecule has 1 saturated carbocycles. The van der Waals surface area contributed by atoms with E-state index in [1.165, 1.54) is 4.90 Å². The fraction of sp³-hybridized carbons (Fsp3) is 0.722. The van der Waals surface area contributed by atoms with E-state index < -0.39 is 11.5 Å². The number of rotatable bonds is 6. The average molecular weight is 335 g/mol. The van der Waals surface area contributed by atoms with Crippen LogP contribution < -0.4 is 0 Å². The Kier molecular flexibility index (Phi) is 5.67. The normalized spacial score (nSPS) is 17.0. The van der Waals surface area contributed by atoms with E-state index in [0.29, 0.717) is 18.4 Å². The highest BCUT2D eigenvalue weighted by atomic mass is 16.4. The van der Waals surface area contributed by atoms with Crippen LogP contribution in [0, 0.1) is 6.92 Å². The van der Waals surface area contributed by atoms with Crippen LogP contribution >= 0.6 is 0 Å². The smallest absolute Gasteiger partial charge is 0.329 e. The van der Waals surface area contributed by atoms with E-state index in [1.54, 1.807) is 13.2 Å². The van der Waals surface area contributed by atoms with E-state index >= 15 is 0 Å². The molecule has 1 N–H and O–H groups in total. The highest BCUT2D eigenvalue weighted by molar-refractivity contribution is 5.98. The molecule has 1 heterocycles. The summed E-state index contributed by atoms with van der Waals surface area (Å²) in [6.07, 6.45) is 7.23. The van der Waals surface area contributed by atoms with E-state index in [1.807, 2.05) is 11.6 Å². The van der Waals surface area contributed by atoms with Crippen molar-refractivity contribution in [2.24, 2.45) is 0 Å². The van der Waals surface area contributed by atoms with E-state index in [2.05, 4.69) is 18.9 Å². The number of aromatic nitrogens is 2. The van der Waals surface area contributed by atoms with Crippen LogP contribution in [0.3, 0.4) is 0 Å². The van der Waals surface area contributed by atoms with Gasteiger partial charge in [-0.3, -0.25) is 9.48 Å². The molecule has 1 aliphatic carbocycles. The molecule has 0 aliphatic heterocycles. The van der Waals surface area contributed by atoms with Crippen molar-refractivity contribution in [2.45, 2.75) is 77.3 Å². The molecule has 0 unspecified atom stereocenters. The van der Waals surface area contributed by atoms with Gasteiger partial charge in [-0.25, -0.2) is 4.79 Å². The van der Waals surface area contributed by atoms with Crippen LogP contribution in [-0.2, 0) is 4.79 Å². The lowest BCUT2D eigenvalue weighted by Gasteiger charge is -2.41. The minimum atomic E-state index is -1.08. The Morgan fingerprint density at radius 2 is 1.88 bits per heavy atom. The quantitative estimate of drug-likeness (QED) is 0.864. The van der Waals surface area contributed by atoms with Crippen molar-refractivity contribution in [3.05, 3.63) is 17.5 Å². The van der Waals surface area contributed by atoms with Gasteiger partial charge >= 0.3 is 5.97 Å². The molecular weight excluding hydrogens is 306 g/mol. The Hall–Kier alpha value is -1.85. The topological polar surface area (TPSA) is 75.4 Å². The van der Waals surface area contributed by atoms with Crippen molar-refractivity contribution in [2.75, 3.05) is 7.05 Å². The van der Waals surface area contributed by atoms with Crippen LogP contribution in [0.2, 0.25) is 0 Å². The van der Waals surface area contributed by atoms with Crippen LogP contribution in [0.1, 0.15) is 80.9 Å². The summed E-state index contributed by atoms with van der Waals surface area (Å²) in [5.41, 5.74) is 0.242. The largest absolute Gasteiger partial charge is 0.479 e. The van der Waals surface area contributed by atoms with Gasteiger partial charge in [0.2, 0.25) is 0 Å². The van der Waals surface area contributed by atoms with Gasteiger partial charge in [0.15, 0.2) is 0 Å². The number of nitrogens with zero attached hydrogens (tertiary/aromatic N) is 3. The first-order chi connectivity index (χ1) is 11.4.